The molecule has 0 amide bonds. The van der Waals surface area contributed by atoms with Crippen molar-refractivity contribution in [2.24, 2.45) is 0 Å². The zero-order chi connectivity index (χ0) is 18.9. The minimum Gasteiger partial charge on any atom is -0.295 e. The van der Waals surface area contributed by atoms with Crippen LogP contribution < -0.4 is 0 Å². The van der Waals surface area contributed by atoms with E-state index in [-0.39, 0.29) is 11.6 Å². The molecular weight excluding hydrogens is 388 g/mol. The van der Waals surface area contributed by atoms with Crippen molar-refractivity contribution in [3.8, 4) is 0 Å². The lowest BCUT2D eigenvalue weighted by molar-refractivity contribution is 0.100. The molecule has 0 fully saturated rings. The summed E-state index contributed by atoms with van der Waals surface area (Å²) in [4.78, 5) is 21.9. The van der Waals surface area contributed by atoms with Gasteiger partial charge in [0.05, 0.1) is 0 Å². The van der Waals surface area contributed by atoms with Gasteiger partial charge in [0.2, 0.25) is 0 Å². The summed E-state index contributed by atoms with van der Waals surface area (Å²) in [5.41, 5.74) is 4.05. The van der Waals surface area contributed by atoms with Crippen molar-refractivity contribution in [1.82, 2.24) is 0 Å². The number of hydrogen-bond donors (Lipinski definition) is 0. The molecule has 0 aromatic heterocycles. The molecule has 3 heteroatoms. The van der Waals surface area contributed by atoms with Gasteiger partial charge >= 0.3 is 0 Å². The van der Waals surface area contributed by atoms with E-state index in [0.29, 0.717) is 0 Å². The Morgan fingerprint density at radius 1 is 0.654 bits per heavy atom. The van der Waals surface area contributed by atoms with E-state index < -0.39 is 0 Å². The summed E-state index contributed by atoms with van der Waals surface area (Å²) in [5, 5.41) is 0. The lowest BCUT2D eigenvalue weighted by Crippen LogP contribution is -1.93. The number of halogens is 1. The highest BCUT2D eigenvalue weighted by Crippen LogP contribution is 2.11. The van der Waals surface area contributed by atoms with E-state index in [1.165, 1.54) is 11.1 Å². The molecular formula is C23H21BrO2. The number of Topliss-reactive ketones (excluding diaryl/α,β-unsaturated/α-hetero) is 2. The topological polar surface area (TPSA) is 34.1 Å². The van der Waals surface area contributed by atoms with Crippen LogP contribution in [-0.2, 0) is 6.42 Å². The molecule has 3 aromatic carbocycles. The molecule has 0 saturated heterocycles. The lowest BCUT2D eigenvalue weighted by atomic mass is 10.0. The fraction of sp³-hybridized carbons (Fsp3) is 0.130. The van der Waals surface area contributed by atoms with Gasteiger partial charge in [0.1, 0.15) is 0 Å². The summed E-state index contributed by atoms with van der Waals surface area (Å²) < 4.78 is 0.998. The molecule has 0 unspecified atom stereocenters. The number of benzene rings is 3. The average Bonchev–Trinajstić information content (AvgIpc) is 2.64. The van der Waals surface area contributed by atoms with Crippen LogP contribution in [0.1, 0.15) is 45.7 Å². The van der Waals surface area contributed by atoms with Crippen molar-refractivity contribution in [2.75, 3.05) is 0 Å². The van der Waals surface area contributed by atoms with E-state index in [2.05, 4.69) is 28.1 Å². The molecule has 0 saturated carbocycles. The van der Waals surface area contributed by atoms with Gasteiger partial charge in [-0.1, -0.05) is 82.7 Å². The summed E-state index contributed by atoms with van der Waals surface area (Å²) in [6, 6.07) is 25.4. The first kappa shape index (κ1) is 19.8. The molecule has 0 spiro atoms. The van der Waals surface area contributed by atoms with Crippen molar-refractivity contribution in [3.63, 3.8) is 0 Å². The monoisotopic (exact) mass is 408 g/mol. The number of carbonyl (C=O) groups excluding carboxylic acids is 2. The van der Waals surface area contributed by atoms with Gasteiger partial charge in [0.25, 0.3) is 0 Å². The minimum absolute atomic E-state index is 0.104. The van der Waals surface area contributed by atoms with Gasteiger partial charge in [-0.2, -0.15) is 0 Å². The van der Waals surface area contributed by atoms with Gasteiger partial charge < -0.3 is 0 Å². The molecule has 0 aliphatic rings. The third kappa shape index (κ3) is 6.41. The van der Waals surface area contributed by atoms with E-state index >= 15 is 0 Å². The standard InChI is InChI=1S/C15H14O.C8H7BrO/c1-12(16)15-9-7-14(8-10-15)11-13-5-3-2-4-6-13;1-6(10)7-2-4-8(9)5-3-7/h2-10H,11H2,1H3;2-5H,1H3. The summed E-state index contributed by atoms with van der Waals surface area (Å²) in [6.45, 7) is 3.15. The zero-order valence-electron chi connectivity index (χ0n) is 14.9. The Kier molecular flexibility index (Phi) is 7.49. The second-order valence-electron chi connectivity index (χ2n) is 5.98. The van der Waals surface area contributed by atoms with Crippen LogP contribution in [0.25, 0.3) is 0 Å². The molecule has 0 aliphatic heterocycles. The number of carbonyl (C=O) groups is 2. The van der Waals surface area contributed by atoms with Crippen LogP contribution in [-0.4, -0.2) is 11.6 Å². The second-order valence-corrected chi connectivity index (χ2v) is 6.89. The highest BCUT2D eigenvalue weighted by molar-refractivity contribution is 9.10. The van der Waals surface area contributed by atoms with Crippen LogP contribution in [0.4, 0.5) is 0 Å². The first-order valence-electron chi connectivity index (χ1n) is 8.36. The van der Waals surface area contributed by atoms with Gasteiger partial charge in [-0.3, -0.25) is 9.59 Å². The molecule has 0 N–H and O–H groups in total. The van der Waals surface area contributed by atoms with E-state index in [0.717, 1.165) is 22.0 Å². The fourth-order valence-corrected chi connectivity index (χ4v) is 2.64. The smallest absolute Gasteiger partial charge is 0.159 e. The maximum Gasteiger partial charge on any atom is 0.159 e. The Morgan fingerprint density at radius 3 is 1.54 bits per heavy atom. The predicted molar refractivity (Wildman–Crippen MR) is 110 cm³/mol. The van der Waals surface area contributed by atoms with Gasteiger partial charge in [-0.05, 0) is 43.5 Å². The Bertz CT molecular complexity index is 851. The first-order chi connectivity index (χ1) is 12.5. The number of ketones is 2. The maximum atomic E-state index is 11.1. The van der Waals surface area contributed by atoms with E-state index in [4.69, 9.17) is 0 Å². The largest absolute Gasteiger partial charge is 0.295 e. The van der Waals surface area contributed by atoms with Gasteiger partial charge in [-0.25, -0.2) is 0 Å². The maximum absolute atomic E-state index is 11.1. The van der Waals surface area contributed by atoms with Gasteiger partial charge in [0.15, 0.2) is 11.6 Å². The van der Waals surface area contributed by atoms with E-state index in [9.17, 15) is 9.59 Å². The molecule has 132 valence electrons. The fourth-order valence-electron chi connectivity index (χ4n) is 2.37. The first-order valence-corrected chi connectivity index (χ1v) is 9.15. The zero-order valence-corrected chi connectivity index (χ0v) is 16.5. The Labute approximate surface area is 163 Å². The number of hydrogen-bond acceptors (Lipinski definition) is 2. The highest BCUT2D eigenvalue weighted by Gasteiger charge is 1.99. The summed E-state index contributed by atoms with van der Waals surface area (Å²) >= 11 is 3.28. The number of rotatable bonds is 4. The van der Waals surface area contributed by atoms with Crippen molar-refractivity contribution < 1.29 is 9.59 Å². The Balaban J connectivity index is 0.000000209. The van der Waals surface area contributed by atoms with Crippen molar-refractivity contribution in [2.45, 2.75) is 20.3 Å². The van der Waals surface area contributed by atoms with Crippen molar-refractivity contribution in [3.05, 3.63) is 106 Å². The van der Waals surface area contributed by atoms with Gasteiger partial charge in [-0.15, -0.1) is 0 Å². The molecule has 0 atom stereocenters. The van der Waals surface area contributed by atoms with Gasteiger partial charge in [0, 0.05) is 15.6 Å². The van der Waals surface area contributed by atoms with Crippen LogP contribution in [0.3, 0.4) is 0 Å². The second kappa shape index (κ2) is 9.83. The molecule has 3 aromatic rings. The summed E-state index contributed by atoms with van der Waals surface area (Å²) in [7, 11) is 0. The molecule has 0 bridgehead atoms. The van der Waals surface area contributed by atoms with Crippen molar-refractivity contribution >= 4 is 27.5 Å². The molecule has 0 heterocycles. The molecule has 0 aliphatic carbocycles. The SMILES string of the molecule is CC(=O)c1ccc(Br)cc1.CC(=O)c1ccc(Cc2ccccc2)cc1. The third-order valence-corrected chi connectivity index (χ3v) is 4.39. The van der Waals surface area contributed by atoms with Crippen LogP contribution in [0, 0.1) is 0 Å². The predicted octanol–water partition coefficient (Wildman–Crippen LogP) is 6.13. The van der Waals surface area contributed by atoms with Crippen LogP contribution >= 0.6 is 15.9 Å². The Morgan fingerprint density at radius 2 is 1.08 bits per heavy atom. The van der Waals surface area contributed by atoms with E-state index in [1.54, 1.807) is 26.0 Å². The summed E-state index contributed by atoms with van der Waals surface area (Å²) in [6.07, 6.45) is 0.916. The Hall–Kier alpha value is -2.52. The van der Waals surface area contributed by atoms with Crippen molar-refractivity contribution in [1.29, 1.82) is 0 Å². The molecule has 3 rings (SSSR count). The van der Waals surface area contributed by atoms with Crippen LogP contribution in [0.5, 0.6) is 0 Å². The lowest BCUT2D eigenvalue weighted by Gasteiger charge is -2.02. The normalized spacial score (nSPS) is 9.81. The molecule has 26 heavy (non-hydrogen) atoms. The molecule has 0 radical (unpaired) electrons. The highest BCUT2D eigenvalue weighted by atomic mass is 79.9. The minimum atomic E-state index is 0.104. The van der Waals surface area contributed by atoms with Crippen LogP contribution in [0.2, 0.25) is 0 Å². The quantitative estimate of drug-likeness (QED) is 0.486. The summed E-state index contributed by atoms with van der Waals surface area (Å²) in [5.74, 6) is 0.221. The molecule has 2 nitrogen and oxygen atoms in total. The average molecular weight is 409 g/mol. The van der Waals surface area contributed by atoms with E-state index in [1.807, 2.05) is 54.6 Å². The third-order valence-electron chi connectivity index (χ3n) is 3.86. The van der Waals surface area contributed by atoms with Crippen LogP contribution in [0.15, 0.2) is 83.3 Å².